The van der Waals surface area contributed by atoms with Crippen LogP contribution < -0.4 is 11.1 Å². The number of hydrogen-bond acceptors (Lipinski definition) is 3. The summed E-state index contributed by atoms with van der Waals surface area (Å²) >= 11 is 0. The molecule has 58 valence electrons. The molecule has 1 aliphatic rings. The number of anilines is 1. The lowest BCUT2D eigenvalue weighted by Gasteiger charge is -2.22. The first-order valence-corrected chi connectivity index (χ1v) is 3.78. The van der Waals surface area contributed by atoms with Crippen molar-refractivity contribution in [2.75, 3.05) is 11.9 Å². The molecule has 1 aromatic rings. The third kappa shape index (κ3) is 1.19. The average molecular weight is 149 g/mol. The van der Waals surface area contributed by atoms with Crippen LogP contribution in [0.15, 0.2) is 18.5 Å². The minimum absolute atomic E-state index is 0.242. The average Bonchev–Trinajstić information content (AvgIpc) is 2.04. The minimum atomic E-state index is 0.242. The number of rotatable bonds is 0. The Bertz CT molecular complexity index is 259. The van der Waals surface area contributed by atoms with Gasteiger partial charge in [-0.05, 0) is 18.1 Å². The predicted molar refractivity (Wildman–Crippen MR) is 44.4 cm³/mol. The van der Waals surface area contributed by atoms with Gasteiger partial charge in [0.25, 0.3) is 0 Å². The standard InChI is InChI=1S/C8H11N3/c9-7-3-6-4-10-2-1-8(6)11-5-7/h1-2,4,7,11H,3,5,9H2. The molecule has 0 saturated heterocycles. The van der Waals surface area contributed by atoms with Gasteiger partial charge < -0.3 is 11.1 Å². The van der Waals surface area contributed by atoms with Gasteiger partial charge in [-0.2, -0.15) is 0 Å². The van der Waals surface area contributed by atoms with Crippen LogP contribution in [0.3, 0.4) is 0 Å². The molecule has 0 spiro atoms. The van der Waals surface area contributed by atoms with Gasteiger partial charge in [-0.3, -0.25) is 4.98 Å². The number of nitrogens with zero attached hydrogens (tertiary/aromatic N) is 1. The van der Waals surface area contributed by atoms with Crippen LogP contribution in [0.1, 0.15) is 5.56 Å². The van der Waals surface area contributed by atoms with Gasteiger partial charge in [-0.1, -0.05) is 0 Å². The van der Waals surface area contributed by atoms with Crippen LogP contribution in [0.4, 0.5) is 5.69 Å². The Kier molecular flexibility index (Phi) is 1.51. The van der Waals surface area contributed by atoms with Crippen molar-refractivity contribution in [3.63, 3.8) is 0 Å². The van der Waals surface area contributed by atoms with Crippen molar-refractivity contribution in [3.05, 3.63) is 24.0 Å². The van der Waals surface area contributed by atoms with Crippen molar-refractivity contribution >= 4 is 5.69 Å². The van der Waals surface area contributed by atoms with Crippen LogP contribution >= 0.6 is 0 Å². The fraction of sp³-hybridized carbons (Fsp3) is 0.375. The summed E-state index contributed by atoms with van der Waals surface area (Å²) in [5.41, 5.74) is 8.17. The molecular weight excluding hydrogens is 138 g/mol. The van der Waals surface area contributed by atoms with E-state index in [9.17, 15) is 0 Å². The molecule has 0 saturated carbocycles. The predicted octanol–water partition coefficient (Wildman–Crippen LogP) is 0.377. The molecule has 0 amide bonds. The molecule has 0 bridgehead atoms. The summed E-state index contributed by atoms with van der Waals surface area (Å²) in [7, 11) is 0. The van der Waals surface area contributed by atoms with Gasteiger partial charge >= 0.3 is 0 Å². The van der Waals surface area contributed by atoms with Gasteiger partial charge in [0.15, 0.2) is 0 Å². The molecule has 3 heteroatoms. The van der Waals surface area contributed by atoms with Crippen LogP contribution in [0, 0.1) is 0 Å². The number of hydrogen-bond donors (Lipinski definition) is 2. The van der Waals surface area contributed by atoms with Crippen LogP contribution in [-0.2, 0) is 6.42 Å². The number of nitrogens with one attached hydrogen (secondary N) is 1. The molecular formula is C8H11N3. The van der Waals surface area contributed by atoms with E-state index in [4.69, 9.17) is 5.73 Å². The second-order valence-corrected chi connectivity index (χ2v) is 2.88. The summed E-state index contributed by atoms with van der Waals surface area (Å²) in [4.78, 5) is 4.04. The Morgan fingerprint density at radius 3 is 3.45 bits per heavy atom. The summed E-state index contributed by atoms with van der Waals surface area (Å²) in [5.74, 6) is 0. The van der Waals surface area contributed by atoms with Gasteiger partial charge in [-0.25, -0.2) is 0 Å². The van der Waals surface area contributed by atoms with Crippen molar-refractivity contribution in [2.45, 2.75) is 12.5 Å². The first-order valence-electron chi connectivity index (χ1n) is 3.78. The van der Waals surface area contributed by atoms with Crippen molar-refractivity contribution in [2.24, 2.45) is 5.73 Å². The molecule has 0 aliphatic carbocycles. The molecule has 0 radical (unpaired) electrons. The lowest BCUT2D eigenvalue weighted by molar-refractivity contribution is 0.677. The third-order valence-corrected chi connectivity index (χ3v) is 1.94. The highest BCUT2D eigenvalue weighted by Gasteiger charge is 2.13. The number of aromatic nitrogens is 1. The van der Waals surface area contributed by atoms with E-state index in [0.717, 1.165) is 13.0 Å². The highest BCUT2D eigenvalue weighted by molar-refractivity contribution is 5.51. The quantitative estimate of drug-likeness (QED) is 0.560. The molecule has 2 heterocycles. The van der Waals surface area contributed by atoms with E-state index in [1.807, 2.05) is 12.3 Å². The van der Waals surface area contributed by atoms with E-state index < -0.39 is 0 Å². The second kappa shape index (κ2) is 2.51. The summed E-state index contributed by atoms with van der Waals surface area (Å²) in [6.45, 7) is 0.872. The minimum Gasteiger partial charge on any atom is -0.383 e. The van der Waals surface area contributed by atoms with Gasteiger partial charge in [0.1, 0.15) is 0 Å². The molecule has 1 aliphatic heterocycles. The van der Waals surface area contributed by atoms with E-state index in [1.165, 1.54) is 11.3 Å². The largest absolute Gasteiger partial charge is 0.383 e. The molecule has 3 N–H and O–H groups in total. The van der Waals surface area contributed by atoms with Gasteiger partial charge in [0, 0.05) is 30.7 Å². The molecule has 11 heavy (non-hydrogen) atoms. The molecule has 1 unspecified atom stereocenters. The van der Waals surface area contributed by atoms with E-state index in [-0.39, 0.29) is 6.04 Å². The Morgan fingerprint density at radius 1 is 1.64 bits per heavy atom. The number of pyridine rings is 1. The molecule has 1 atom stereocenters. The summed E-state index contributed by atoms with van der Waals surface area (Å²) in [5, 5.41) is 3.25. The number of fused-ring (bicyclic) bond motifs is 1. The first kappa shape index (κ1) is 6.61. The Balaban J connectivity index is 2.34. The SMILES string of the molecule is NC1CNc2ccncc2C1. The first-order chi connectivity index (χ1) is 5.36. The molecule has 0 aromatic carbocycles. The molecule has 0 fully saturated rings. The van der Waals surface area contributed by atoms with E-state index in [1.54, 1.807) is 6.20 Å². The Morgan fingerprint density at radius 2 is 2.55 bits per heavy atom. The van der Waals surface area contributed by atoms with Gasteiger partial charge in [0.05, 0.1) is 0 Å². The molecule has 1 aromatic heterocycles. The van der Waals surface area contributed by atoms with Crippen LogP contribution in [0.2, 0.25) is 0 Å². The third-order valence-electron chi connectivity index (χ3n) is 1.94. The molecule has 3 nitrogen and oxygen atoms in total. The zero-order valence-corrected chi connectivity index (χ0v) is 6.25. The van der Waals surface area contributed by atoms with Crippen molar-refractivity contribution in [3.8, 4) is 0 Å². The summed E-state index contributed by atoms with van der Waals surface area (Å²) in [6, 6.07) is 2.23. The van der Waals surface area contributed by atoms with Gasteiger partial charge in [-0.15, -0.1) is 0 Å². The number of nitrogens with two attached hydrogens (primary N) is 1. The lowest BCUT2D eigenvalue weighted by atomic mass is 10.0. The Labute approximate surface area is 65.6 Å². The highest BCUT2D eigenvalue weighted by Crippen LogP contribution is 2.18. The topological polar surface area (TPSA) is 50.9 Å². The lowest BCUT2D eigenvalue weighted by Crippen LogP contribution is -2.35. The Hall–Kier alpha value is -1.09. The van der Waals surface area contributed by atoms with Crippen LogP contribution in [-0.4, -0.2) is 17.6 Å². The maximum Gasteiger partial charge on any atom is 0.0404 e. The van der Waals surface area contributed by atoms with Crippen LogP contribution in [0.25, 0.3) is 0 Å². The van der Waals surface area contributed by atoms with E-state index >= 15 is 0 Å². The fourth-order valence-electron chi connectivity index (χ4n) is 1.36. The summed E-state index contributed by atoms with van der Waals surface area (Å²) in [6.07, 6.45) is 4.61. The monoisotopic (exact) mass is 149 g/mol. The van der Waals surface area contributed by atoms with E-state index in [2.05, 4.69) is 10.3 Å². The van der Waals surface area contributed by atoms with E-state index in [0.29, 0.717) is 0 Å². The maximum atomic E-state index is 5.76. The molecule has 2 rings (SSSR count). The smallest absolute Gasteiger partial charge is 0.0404 e. The van der Waals surface area contributed by atoms with Crippen LogP contribution in [0.5, 0.6) is 0 Å². The normalized spacial score (nSPS) is 22.1. The second-order valence-electron chi connectivity index (χ2n) is 2.88. The van der Waals surface area contributed by atoms with Crippen molar-refractivity contribution < 1.29 is 0 Å². The summed E-state index contributed by atoms with van der Waals surface area (Å²) < 4.78 is 0. The van der Waals surface area contributed by atoms with Gasteiger partial charge in [0.2, 0.25) is 0 Å². The highest BCUT2D eigenvalue weighted by atomic mass is 14.9. The fourth-order valence-corrected chi connectivity index (χ4v) is 1.36. The zero-order valence-electron chi connectivity index (χ0n) is 6.25. The van der Waals surface area contributed by atoms with Crippen molar-refractivity contribution in [1.82, 2.24) is 4.98 Å². The zero-order chi connectivity index (χ0) is 7.68. The maximum absolute atomic E-state index is 5.76. The van der Waals surface area contributed by atoms with Crippen molar-refractivity contribution in [1.29, 1.82) is 0 Å².